The molecule has 1 atom stereocenters. The zero-order valence-corrected chi connectivity index (χ0v) is 16.2. The van der Waals surface area contributed by atoms with Gasteiger partial charge in [-0.25, -0.2) is 0 Å². The maximum absolute atomic E-state index is 13.3. The van der Waals surface area contributed by atoms with Crippen LogP contribution in [-0.2, 0) is 10.0 Å². The minimum Gasteiger partial charge on any atom is -0.508 e. The van der Waals surface area contributed by atoms with Crippen LogP contribution in [0.1, 0.15) is 29.2 Å². The molecule has 1 aliphatic rings. The van der Waals surface area contributed by atoms with Crippen molar-refractivity contribution in [3.05, 3.63) is 95.6 Å². The van der Waals surface area contributed by atoms with E-state index in [0.717, 1.165) is 15.5 Å². The summed E-state index contributed by atoms with van der Waals surface area (Å²) in [6.07, 6.45) is 0.382. The van der Waals surface area contributed by atoms with Gasteiger partial charge in [0, 0.05) is 12.0 Å². The summed E-state index contributed by atoms with van der Waals surface area (Å²) in [5, 5.41) is 14.8. The van der Waals surface area contributed by atoms with Crippen molar-refractivity contribution in [3.63, 3.8) is 0 Å². The van der Waals surface area contributed by atoms with Crippen LogP contribution in [0.2, 0.25) is 0 Å². The Labute approximate surface area is 164 Å². The maximum Gasteiger partial charge on any atom is 0.279 e. The number of phenolic OH excluding ortho intramolecular Hbond substituents is 1. The fourth-order valence-electron chi connectivity index (χ4n) is 3.33. The molecule has 6 heteroatoms. The van der Waals surface area contributed by atoms with Gasteiger partial charge >= 0.3 is 0 Å². The second-order valence-corrected chi connectivity index (χ2v) is 8.58. The summed E-state index contributed by atoms with van der Waals surface area (Å²) in [5.74, 6) is 0.0566. The third-order valence-electron chi connectivity index (χ3n) is 4.84. The van der Waals surface area contributed by atoms with Crippen LogP contribution in [0.3, 0.4) is 0 Å². The van der Waals surface area contributed by atoms with Crippen molar-refractivity contribution in [1.82, 2.24) is 4.41 Å². The summed E-state index contributed by atoms with van der Waals surface area (Å²) in [6, 6.07) is 22.3. The summed E-state index contributed by atoms with van der Waals surface area (Å²) in [5.41, 5.74) is 3.20. The van der Waals surface area contributed by atoms with Crippen LogP contribution in [0.5, 0.6) is 5.75 Å². The smallest absolute Gasteiger partial charge is 0.279 e. The van der Waals surface area contributed by atoms with E-state index in [1.165, 1.54) is 0 Å². The first kappa shape index (κ1) is 18.3. The second kappa shape index (κ2) is 7.13. The average Bonchev–Trinajstić information content (AvgIpc) is 3.15. The molecule has 0 radical (unpaired) electrons. The van der Waals surface area contributed by atoms with E-state index in [1.54, 1.807) is 54.6 Å². The number of para-hydroxylation sites is 1. The van der Waals surface area contributed by atoms with E-state index in [4.69, 9.17) is 0 Å². The van der Waals surface area contributed by atoms with Crippen molar-refractivity contribution in [2.24, 2.45) is 5.10 Å². The minimum atomic E-state index is -3.87. The lowest BCUT2D eigenvalue weighted by Gasteiger charge is -2.24. The highest BCUT2D eigenvalue weighted by molar-refractivity contribution is 7.89. The molecule has 1 heterocycles. The average molecular weight is 392 g/mol. The molecule has 0 spiro atoms. The second-order valence-electron chi connectivity index (χ2n) is 6.78. The van der Waals surface area contributed by atoms with Gasteiger partial charge < -0.3 is 5.11 Å². The standard InChI is InChI=1S/C22H20N2O3S/c1-16-11-13-17(14-12-16)20-15-21(19-9-5-6-10-22(19)25)24(23-20)28(26,27)18-7-3-2-4-8-18/h2-14,21,25H,15H2,1H3/t21-/m1/s1. The van der Waals surface area contributed by atoms with Crippen molar-refractivity contribution >= 4 is 15.7 Å². The number of hydrazone groups is 1. The van der Waals surface area contributed by atoms with Crippen LogP contribution in [0.15, 0.2) is 88.9 Å². The lowest BCUT2D eigenvalue weighted by Crippen LogP contribution is -2.27. The number of sulfonamides is 1. The van der Waals surface area contributed by atoms with E-state index in [2.05, 4.69) is 5.10 Å². The van der Waals surface area contributed by atoms with Crippen LogP contribution in [0.4, 0.5) is 0 Å². The molecule has 28 heavy (non-hydrogen) atoms. The van der Waals surface area contributed by atoms with Gasteiger partial charge in [0.25, 0.3) is 10.0 Å². The molecular formula is C22H20N2O3S. The molecule has 142 valence electrons. The van der Waals surface area contributed by atoms with Crippen LogP contribution in [0, 0.1) is 6.92 Å². The predicted octanol–water partition coefficient (Wildman–Crippen LogP) is 4.24. The molecular weight excluding hydrogens is 372 g/mol. The highest BCUT2D eigenvalue weighted by Gasteiger charge is 2.38. The zero-order valence-electron chi connectivity index (χ0n) is 15.4. The maximum atomic E-state index is 13.3. The number of phenols is 1. The predicted molar refractivity (Wildman–Crippen MR) is 109 cm³/mol. The molecule has 0 unspecified atom stereocenters. The Hall–Kier alpha value is -3.12. The number of benzene rings is 3. The Morgan fingerprint density at radius 2 is 1.57 bits per heavy atom. The number of aromatic hydroxyl groups is 1. The normalized spacial score (nSPS) is 16.8. The van der Waals surface area contributed by atoms with Gasteiger partial charge in [-0.2, -0.15) is 17.9 Å². The van der Waals surface area contributed by atoms with Gasteiger partial charge in [-0.15, -0.1) is 0 Å². The Balaban J connectivity index is 1.82. The van der Waals surface area contributed by atoms with Crippen LogP contribution >= 0.6 is 0 Å². The SMILES string of the molecule is Cc1ccc(C2=NN(S(=O)(=O)c3ccccc3)[C@@H](c3ccccc3O)C2)cc1. The topological polar surface area (TPSA) is 70.0 Å². The highest BCUT2D eigenvalue weighted by atomic mass is 32.2. The van der Waals surface area contributed by atoms with Crippen LogP contribution < -0.4 is 0 Å². The van der Waals surface area contributed by atoms with Gasteiger partial charge in [-0.05, 0) is 30.7 Å². The summed E-state index contributed by atoms with van der Waals surface area (Å²) in [4.78, 5) is 0.171. The minimum absolute atomic E-state index is 0.0566. The summed E-state index contributed by atoms with van der Waals surface area (Å²) in [7, 11) is -3.87. The third-order valence-corrected chi connectivity index (χ3v) is 6.54. The van der Waals surface area contributed by atoms with E-state index in [0.29, 0.717) is 17.7 Å². The lowest BCUT2D eigenvalue weighted by atomic mass is 9.98. The van der Waals surface area contributed by atoms with Crippen molar-refractivity contribution in [1.29, 1.82) is 0 Å². The fraction of sp³-hybridized carbons (Fsp3) is 0.136. The Morgan fingerprint density at radius 1 is 0.929 bits per heavy atom. The van der Waals surface area contributed by atoms with Gasteiger partial charge in [-0.3, -0.25) is 0 Å². The number of hydrogen-bond acceptors (Lipinski definition) is 4. The Kier molecular flexibility index (Phi) is 4.65. The molecule has 0 saturated heterocycles. The van der Waals surface area contributed by atoms with Crippen LogP contribution in [0.25, 0.3) is 0 Å². The van der Waals surface area contributed by atoms with Crippen molar-refractivity contribution < 1.29 is 13.5 Å². The first-order valence-corrected chi connectivity index (χ1v) is 10.4. The molecule has 5 nitrogen and oxygen atoms in total. The Bertz CT molecular complexity index is 1120. The monoisotopic (exact) mass is 392 g/mol. The molecule has 0 fully saturated rings. The van der Waals surface area contributed by atoms with E-state index in [-0.39, 0.29) is 10.6 Å². The van der Waals surface area contributed by atoms with Gasteiger partial charge in [0.2, 0.25) is 0 Å². The fourth-order valence-corrected chi connectivity index (χ4v) is 4.78. The first-order valence-electron chi connectivity index (χ1n) is 8.99. The van der Waals surface area contributed by atoms with Crippen LogP contribution in [-0.4, -0.2) is 23.7 Å². The van der Waals surface area contributed by atoms with Crippen molar-refractivity contribution in [3.8, 4) is 5.75 Å². The quantitative estimate of drug-likeness (QED) is 0.722. The van der Waals surface area contributed by atoms with E-state index >= 15 is 0 Å². The molecule has 0 saturated carbocycles. The van der Waals surface area contributed by atoms with E-state index in [1.807, 2.05) is 31.2 Å². The molecule has 1 aliphatic heterocycles. The summed E-state index contributed by atoms with van der Waals surface area (Å²) >= 11 is 0. The molecule has 0 aromatic heterocycles. The largest absolute Gasteiger partial charge is 0.508 e. The molecule has 1 N–H and O–H groups in total. The van der Waals surface area contributed by atoms with Crippen molar-refractivity contribution in [2.75, 3.05) is 0 Å². The molecule has 0 amide bonds. The number of aryl methyl sites for hydroxylation is 1. The van der Waals surface area contributed by atoms with E-state index < -0.39 is 16.1 Å². The van der Waals surface area contributed by atoms with E-state index in [9.17, 15) is 13.5 Å². The van der Waals surface area contributed by atoms with Gasteiger partial charge in [-0.1, -0.05) is 66.2 Å². The molecule has 3 aromatic carbocycles. The summed E-state index contributed by atoms with van der Waals surface area (Å²) < 4.78 is 27.7. The molecule has 3 aromatic rings. The number of nitrogens with zero attached hydrogens (tertiary/aromatic N) is 2. The van der Waals surface area contributed by atoms with Gasteiger partial charge in [0.15, 0.2) is 0 Å². The highest BCUT2D eigenvalue weighted by Crippen LogP contribution is 2.40. The Morgan fingerprint density at radius 3 is 2.25 bits per heavy atom. The van der Waals surface area contributed by atoms with Crippen molar-refractivity contribution in [2.45, 2.75) is 24.3 Å². The number of rotatable bonds is 4. The summed E-state index contributed by atoms with van der Waals surface area (Å²) in [6.45, 7) is 2.00. The zero-order chi connectivity index (χ0) is 19.7. The number of hydrogen-bond donors (Lipinski definition) is 1. The van der Waals surface area contributed by atoms with Gasteiger partial charge in [0.1, 0.15) is 5.75 Å². The third kappa shape index (κ3) is 3.27. The van der Waals surface area contributed by atoms with Gasteiger partial charge in [0.05, 0.1) is 16.6 Å². The molecule has 4 rings (SSSR count). The first-order chi connectivity index (χ1) is 13.5. The molecule has 0 bridgehead atoms. The molecule has 0 aliphatic carbocycles. The lowest BCUT2D eigenvalue weighted by molar-refractivity contribution is 0.358.